The highest BCUT2D eigenvalue weighted by Crippen LogP contribution is 2.43. The van der Waals surface area contributed by atoms with Crippen molar-refractivity contribution >= 4 is 43.5 Å². The number of esters is 1. The molecular formula is C20H21Br2NO7. The van der Waals surface area contributed by atoms with Gasteiger partial charge in [0.15, 0.2) is 11.9 Å². The van der Waals surface area contributed by atoms with Crippen molar-refractivity contribution < 1.29 is 29.0 Å². The maximum absolute atomic E-state index is 11.5. The molecule has 10 heteroatoms. The summed E-state index contributed by atoms with van der Waals surface area (Å²) in [5.74, 6) is 0.105. The van der Waals surface area contributed by atoms with E-state index < -0.39 is 17.0 Å². The molecule has 2 aromatic rings. The molecular weight excluding hydrogens is 526 g/mol. The molecule has 0 aliphatic rings. The van der Waals surface area contributed by atoms with Crippen molar-refractivity contribution in [2.45, 2.75) is 32.3 Å². The van der Waals surface area contributed by atoms with Gasteiger partial charge in [0.1, 0.15) is 5.75 Å². The zero-order chi connectivity index (χ0) is 22.6. The molecule has 1 unspecified atom stereocenters. The van der Waals surface area contributed by atoms with Crippen LogP contribution in [0.5, 0.6) is 17.2 Å². The third kappa shape index (κ3) is 5.50. The SMILES string of the molecule is COC(=O)C(O)Cc1cc(Br)c(Oc2cc(C(C)C)c(OC)c([N+](=O)[O-])c2)c(Br)c1. The highest BCUT2D eigenvalue weighted by Gasteiger charge is 2.24. The van der Waals surface area contributed by atoms with E-state index in [9.17, 15) is 20.0 Å². The van der Waals surface area contributed by atoms with Crippen LogP contribution in [0.4, 0.5) is 5.69 Å². The fraction of sp³-hybridized carbons (Fsp3) is 0.350. The third-order valence-corrected chi connectivity index (χ3v) is 5.45. The molecule has 2 rings (SSSR count). The number of carbonyl (C=O) groups excluding carboxylic acids is 1. The second kappa shape index (κ2) is 10.2. The molecule has 0 fully saturated rings. The Hall–Kier alpha value is -2.17. The number of hydrogen-bond acceptors (Lipinski definition) is 7. The van der Waals surface area contributed by atoms with Crippen LogP contribution in [0.3, 0.4) is 0 Å². The van der Waals surface area contributed by atoms with Crippen molar-refractivity contribution in [2.75, 3.05) is 14.2 Å². The highest BCUT2D eigenvalue weighted by molar-refractivity contribution is 9.11. The van der Waals surface area contributed by atoms with Crippen molar-refractivity contribution in [1.82, 2.24) is 0 Å². The van der Waals surface area contributed by atoms with E-state index in [1.165, 1.54) is 20.3 Å². The summed E-state index contributed by atoms with van der Waals surface area (Å²) < 4.78 is 16.8. The molecule has 0 amide bonds. The third-order valence-electron chi connectivity index (χ3n) is 4.27. The van der Waals surface area contributed by atoms with E-state index in [0.717, 1.165) is 0 Å². The Bertz CT molecular complexity index is 939. The zero-order valence-corrected chi connectivity index (χ0v) is 19.9. The summed E-state index contributed by atoms with van der Waals surface area (Å²) in [6.45, 7) is 3.80. The Morgan fingerprint density at radius 2 is 1.73 bits per heavy atom. The molecule has 162 valence electrons. The Balaban J connectivity index is 2.43. The van der Waals surface area contributed by atoms with E-state index in [1.54, 1.807) is 18.2 Å². The minimum Gasteiger partial charge on any atom is -0.490 e. The standard InChI is InChI=1S/C20H21Br2NO7/c1-10(2)13-8-12(9-16(23(26)27)18(13)28-3)30-19-14(21)5-11(6-15(19)22)7-17(24)20(25)29-4/h5-6,8-10,17,24H,7H2,1-4H3. The molecule has 1 atom stereocenters. The maximum Gasteiger partial charge on any atom is 0.335 e. The van der Waals surface area contributed by atoms with Crippen LogP contribution in [0.1, 0.15) is 30.9 Å². The topological polar surface area (TPSA) is 108 Å². The normalized spacial score (nSPS) is 11.9. The van der Waals surface area contributed by atoms with Crippen molar-refractivity contribution in [1.29, 1.82) is 0 Å². The van der Waals surface area contributed by atoms with Gasteiger partial charge in [0.2, 0.25) is 5.75 Å². The van der Waals surface area contributed by atoms with Crippen LogP contribution < -0.4 is 9.47 Å². The first-order valence-electron chi connectivity index (χ1n) is 8.87. The van der Waals surface area contributed by atoms with Gasteiger partial charge in [-0.2, -0.15) is 0 Å². The molecule has 0 aliphatic carbocycles. The molecule has 0 saturated heterocycles. The van der Waals surface area contributed by atoms with Gasteiger partial charge in [0.25, 0.3) is 0 Å². The van der Waals surface area contributed by atoms with Crippen LogP contribution in [0.15, 0.2) is 33.2 Å². The second-order valence-corrected chi connectivity index (χ2v) is 8.42. The van der Waals surface area contributed by atoms with E-state index in [0.29, 0.717) is 25.8 Å². The number of aliphatic hydroxyl groups excluding tert-OH is 1. The number of halogens is 2. The Morgan fingerprint density at radius 1 is 1.13 bits per heavy atom. The van der Waals surface area contributed by atoms with Gasteiger partial charge in [-0.05, 0) is 61.5 Å². The number of nitro benzene ring substituents is 1. The quantitative estimate of drug-likeness (QED) is 0.278. The zero-order valence-electron chi connectivity index (χ0n) is 16.8. The molecule has 0 saturated carbocycles. The molecule has 0 aromatic heterocycles. The lowest BCUT2D eigenvalue weighted by atomic mass is 10.0. The van der Waals surface area contributed by atoms with Crippen LogP contribution in [0.25, 0.3) is 0 Å². The number of carbonyl (C=O) groups is 1. The van der Waals surface area contributed by atoms with E-state index in [2.05, 4.69) is 36.6 Å². The van der Waals surface area contributed by atoms with Gasteiger partial charge < -0.3 is 19.3 Å². The average molecular weight is 547 g/mol. The number of nitro groups is 1. The van der Waals surface area contributed by atoms with Crippen LogP contribution in [-0.4, -0.2) is 36.3 Å². The molecule has 0 radical (unpaired) electrons. The Labute approximate surface area is 190 Å². The van der Waals surface area contributed by atoms with Crippen LogP contribution in [-0.2, 0) is 16.0 Å². The van der Waals surface area contributed by atoms with Gasteiger partial charge in [0, 0.05) is 12.0 Å². The number of rotatable bonds is 8. The van der Waals surface area contributed by atoms with Gasteiger partial charge in [-0.3, -0.25) is 10.1 Å². The maximum atomic E-state index is 11.5. The number of hydrogen-bond donors (Lipinski definition) is 1. The lowest BCUT2D eigenvalue weighted by molar-refractivity contribution is -0.385. The highest BCUT2D eigenvalue weighted by atomic mass is 79.9. The number of methoxy groups -OCH3 is 2. The fourth-order valence-corrected chi connectivity index (χ4v) is 4.29. The molecule has 8 nitrogen and oxygen atoms in total. The van der Waals surface area contributed by atoms with Crippen LogP contribution >= 0.6 is 31.9 Å². The van der Waals surface area contributed by atoms with Gasteiger partial charge in [-0.25, -0.2) is 4.79 Å². The Kier molecular flexibility index (Phi) is 8.22. The molecule has 1 N–H and O–H groups in total. The van der Waals surface area contributed by atoms with Crippen molar-refractivity contribution in [3.05, 3.63) is 54.5 Å². The molecule has 30 heavy (non-hydrogen) atoms. The summed E-state index contributed by atoms with van der Waals surface area (Å²) in [7, 11) is 2.59. The summed E-state index contributed by atoms with van der Waals surface area (Å²) >= 11 is 6.82. The lowest BCUT2D eigenvalue weighted by Gasteiger charge is -2.16. The largest absolute Gasteiger partial charge is 0.490 e. The number of benzene rings is 2. The smallest absolute Gasteiger partial charge is 0.335 e. The molecule has 0 spiro atoms. The van der Waals surface area contributed by atoms with E-state index >= 15 is 0 Å². The van der Waals surface area contributed by atoms with Crippen molar-refractivity contribution in [2.24, 2.45) is 0 Å². The first kappa shape index (κ1) is 24.1. The Morgan fingerprint density at radius 3 is 2.20 bits per heavy atom. The predicted octanol–water partition coefficient (Wildman–Crippen LogP) is 5.12. The lowest BCUT2D eigenvalue weighted by Crippen LogP contribution is -2.24. The number of ether oxygens (including phenoxy) is 3. The summed E-state index contributed by atoms with van der Waals surface area (Å²) in [6.07, 6.45) is -1.24. The first-order valence-corrected chi connectivity index (χ1v) is 10.5. The second-order valence-electron chi connectivity index (χ2n) is 6.71. The van der Waals surface area contributed by atoms with Crippen molar-refractivity contribution in [3.8, 4) is 17.2 Å². The van der Waals surface area contributed by atoms with Gasteiger partial charge in [-0.1, -0.05) is 13.8 Å². The minimum absolute atomic E-state index is 0.0312. The first-order chi connectivity index (χ1) is 14.1. The van der Waals surface area contributed by atoms with E-state index in [-0.39, 0.29) is 29.5 Å². The average Bonchev–Trinajstić information content (AvgIpc) is 2.69. The minimum atomic E-state index is -1.29. The molecule has 0 aliphatic heterocycles. The summed E-state index contributed by atoms with van der Waals surface area (Å²) in [5, 5.41) is 21.4. The van der Waals surface area contributed by atoms with Crippen LogP contribution in [0.2, 0.25) is 0 Å². The monoisotopic (exact) mass is 545 g/mol. The number of nitrogens with zero attached hydrogens (tertiary/aromatic N) is 1. The molecule has 0 heterocycles. The summed E-state index contributed by atoms with van der Waals surface area (Å²) in [5.41, 5.74) is 1.11. The molecule has 2 aromatic carbocycles. The summed E-state index contributed by atoms with van der Waals surface area (Å²) in [6, 6.07) is 6.38. The molecule has 0 bridgehead atoms. The van der Waals surface area contributed by atoms with E-state index in [1.807, 2.05) is 13.8 Å². The van der Waals surface area contributed by atoms with Crippen LogP contribution in [0, 0.1) is 10.1 Å². The fourth-order valence-electron chi connectivity index (χ4n) is 2.84. The summed E-state index contributed by atoms with van der Waals surface area (Å²) in [4.78, 5) is 22.4. The predicted molar refractivity (Wildman–Crippen MR) is 117 cm³/mol. The number of aliphatic hydroxyl groups is 1. The van der Waals surface area contributed by atoms with E-state index in [4.69, 9.17) is 9.47 Å². The van der Waals surface area contributed by atoms with Gasteiger partial charge in [0.05, 0.1) is 34.2 Å². The van der Waals surface area contributed by atoms with Gasteiger partial charge >= 0.3 is 11.7 Å². The van der Waals surface area contributed by atoms with Gasteiger partial charge in [-0.15, -0.1) is 0 Å². The van der Waals surface area contributed by atoms with Crippen molar-refractivity contribution in [3.63, 3.8) is 0 Å².